The summed E-state index contributed by atoms with van der Waals surface area (Å²) in [4.78, 5) is 0. The Morgan fingerprint density at radius 3 is 2.94 bits per heavy atom. The van der Waals surface area contributed by atoms with Crippen LogP contribution in [0.4, 0.5) is 0 Å². The zero-order valence-electron chi connectivity index (χ0n) is 9.98. The molecule has 2 rings (SSSR count). The molecule has 0 amide bonds. The Balaban J connectivity index is 2.04. The number of ether oxygens (including phenoxy) is 1. The minimum absolute atomic E-state index is 0.553. The summed E-state index contributed by atoms with van der Waals surface area (Å²) in [5, 5.41) is 4.21. The van der Waals surface area contributed by atoms with Crippen molar-refractivity contribution in [1.29, 1.82) is 0 Å². The van der Waals surface area contributed by atoms with Gasteiger partial charge in [-0.05, 0) is 31.5 Å². The summed E-state index contributed by atoms with van der Waals surface area (Å²) in [6.07, 6.45) is 3.85. The zero-order valence-corrected chi connectivity index (χ0v) is 11.6. The number of hydrogen-bond acceptors (Lipinski definition) is 2. The van der Waals surface area contributed by atoms with Gasteiger partial charge in [0.15, 0.2) is 0 Å². The van der Waals surface area contributed by atoms with Crippen molar-refractivity contribution >= 4 is 15.9 Å². The van der Waals surface area contributed by atoms with Gasteiger partial charge in [-0.15, -0.1) is 0 Å². The monoisotopic (exact) mass is 294 g/mol. The van der Waals surface area contributed by atoms with Crippen molar-refractivity contribution in [3.63, 3.8) is 0 Å². The minimum Gasteiger partial charge on any atom is -0.488 e. The van der Waals surface area contributed by atoms with Crippen molar-refractivity contribution in [2.24, 2.45) is 0 Å². The molecule has 0 saturated heterocycles. The molecule has 1 heterocycles. The van der Waals surface area contributed by atoms with Crippen molar-refractivity contribution < 1.29 is 4.74 Å². The number of aromatic nitrogens is 2. The Morgan fingerprint density at radius 2 is 2.24 bits per heavy atom. The van der Waals surface area contributed by atoms with Crippen molar-refractivity contribution in [2.75, 3.05) is 0 Å². The molecule has 1 aromatic heterocycles. The second-order valence-electron chi connectivity index (χ2n) is 3.90. The molecule has 0 aliphatic rings. The summed E-state index contributed by atoms with van der Waals surface area (Å²) in [7, 11) is 0. The Hall–Kier alpha value is -1.29. The third-order valence-electron chi connectivity index (χ3n) is 2.56. The lowest BCUT2D eigenvalue weighted by atomic mass is 10.2. The lowest BCUT2D eigenvalue weighted by Gasteiger charge is -2.08. The second-order valence-corrected chi connectivity index (χ2v) is 4.82. The molecule has 0 saturated carbocycles. The average molecular weight is 295 g/mol. The van der Waals surface area contributed by atoms with Crippen molar-refractivity contribution in [3.05, 3.63) is 46.2 Å². The molecule has 2 aromatic rings. The van der Waals surface area contributed by atoms with Crippen LogP contribution in [0.2, 0.25) is 0 Å². The SMILES string of the molecule is CCn1cc(COc2cc(Br)ccc2C)cn1. The fraction of sp³-hybridized carbons (Fsp3) is 0.308. The summed E-state index contributed by atoms with van der Waals surface area (Å²) in [6, 6.07) is 6.03. The van der Waals surface area contributed by atoms with Gasteiger partial charge in [0.1, 0.15) is 12.4 Å². The van der Waals surface area contributed by atoms with Gasteiger partial charge in [-0.25, -0.2) is 0 Å². The first-order valence-electron chi connectivity index (χ1n) is 5.59. The van der Waals surface area contributed by atoms with Crippen LogP contribution in [-0.4, -0.2) is 9.78 Å². The zero-order chi connectivity index (χ0) is 12.3. The predicted molar refractivity (Wildman–Crippen MR) is 71.1 cm³/mol. The molecule has 0 radical (unpaired) electrons. The Bertz CT molecular complexity index is 508. The van der Waals surface area contributed by atoms with Gasteiger partial charge in [0.05, 0.1) is 6.20 Å². The maximum Gasteiger partial charge on any atom is 0.123 e. The number of rotatable bonds is 4. The summed E-state index contributed by atoms with van der Waals surface area (Å²) < 4.78 is 8.70. The van der Waals surface area contributed by atoms with E-state index < -0.39 is 0 Å². The van der Waals surface area contributed by atoms with E-state index in [-0.39, 0.29) is 0 Å². The highest BCUT2D eigenvalue weighted by molar-refractivity contribution is 9.10. The molecule has 0 spiro atoms. The molecule has 0 aliphatic carbocycles. The third-order valence-corrected chi connectivity index (χ3v) is 3.05. The van der Waals surface area contributed by atoms with Gasteiger partial charge in [-0.3, -0.25) is 4.68 Å². The van der Waals surface area contributed by atoms with Crippen LogP contribution in [0.5, 0.6) is 5.75 Å². The van der Waals surface area contributed by atoms with Gasteiger partial charge in [0, 0.05) is 22.8 Å². The van der Waals surface area contributed by atoms with Crippen LogP contribution in [0.25, 0.3) is 0 Å². The van der Waals surface area contributed by atoms with E-state index >= 15 is 0 Å². The number of benzene rings is 1. The molecule has 17 heavy (non-hydrogen) atoms. The lowest BCUT2D eigenvalue weighted by Crippen LogP contribution is -1.96. The quantitative estimate of drug-likeness (QED) is 0.862. The van der Waals surface area contributed by atoms with Crippen LogP contribution in [-0.2, 0) is 13.2 Å². The second kappa shape index (κ2) is 5.36. The Kier molecular flexibility index (Phi) is 3.84. The number of nitrogens with zero attached hydrogens (tertiary/aromatic N) is 2. The van der Waals surface area contributed by atoms with Crippen LogP contribution in [0.3, 0.4) is 0 Å². The highest BCUT2D eigenvalue weighted by Gasteiger charge is 2.02. The van der Waals surface area contributed by atoms with Gasteiger partial charge in [0.25, 0.3) is 0 Å². The van der Waals surface area contributed by atoms with Crippen molar-refractivity contribution in [2.45, 2.75) is 27.0 Å². The van der Waals surface area contributed by atoms with Gasteiger partial charge < -0.3 is 4.74 Å². The first-order valence-corrected chi connectivity index (χ1v) is 6.38. The van der Waals surface area contributed by atoms with Gasteiger partial charge in [-0.1, -0.05) is 22.0 Å². The molecule has 0 aliphatic heterocycles. The number of halogens is 1. The normalized spacial score (nSPS) is 10.5. The maximum atomic E-state index is 5.78. The van der Waals surface area contributed by atoms with Crippen molar-refractivity contribution in [1.82, 2.24) is 9.78 Å². The van der Waals surface area contributed by atoms with Crippen LogP contribution >= 0.6 is 15.9 Å². The highest BCUT2D eigenvalue weighted by atomic mass is 79.9. The largest absolute Gasteiger partial charge is 0.488 e. The molecule has 4 heteroatoms. The summed E-state index contributed by atoms with van der Waals surface area (Å²) in [5.74, 6) is 0.906. The van der Waals surface area contributed by atoms with Crippen LogP contribution in [0, 0.1) is 6.92 Å². The van der Waals surface area contributed by atoms with E-state index in [1.165, 1.54) is 0 Å². The molecular formula is C13H15BrN2O. The minimum atomic E-state index is 0.553. The van der Waals surface area contributed by atoms with E-state index in [2.05, 4.69) is 28.0 Å². The molecule has 3 nitrogen and oxygen atoms in total. The topological polar surface area (TPSA) is 27.1 Å². The van der Waals surface area contributed by atoms with Gasteiger partial charge in [-0.2, -0.15) is 5.10 Å². The highest BCUT2D eigenvalue weighted by Crippen LogP contribution is 2.23. The van der Waals surface area contributed by atoms with Crippen LogP contribution < -0.4 is 4.74 Å². The molecule has 0 atom stereocenters. The van der Waals surface area contributed by atoms with Crippen LogP contribution in [0.1, 0.15) is 18.1 Å². The number of hydrogen-bond donors (Lipinski definition) is 0. The van der Waals surface area contributed by atoms with E-state index in [0.29, 0.717) is 6.61 Å². The standard InChI is InChI=1S/C13H15BrN2O/c1-3-16-8-11(7-15-16)9-17-13-6-12(14)5-4-10(13)2/h4-8H,3,9H2,1-2H3. The first-order chi connectivity index (χ1) is 8.19. The fourth-order valence-corrected chi connectivity index (χ4v) is 1.88. The molecule has 1 aromatic carbocycles. The molecule has 90 valence electrons. The number of aryl methyl sites for hydroxylation is 2. The van der Waals surface area contributed by atoms with Crippen molar-refractivity contribution in [3.8, 4) is 5.75 Å². The van der Waals surface area contributed by atoms with E-state index in [1.54, 1.807) is 0 Å². The van der Waals surface area contributed by atoms with E-state index in [1.807, 2.05) is 42.2 Å². The summed E-state index contributed by atoms with van der Waals surface area (Å²) in [5.41, 5.74) is 2.22. The Labute approximate surface area is 110 Å². The van der Waals surface area contributed by atoms with Gasteiger partial charge in [0.2, 0.25) is 0 Å². The molecular weight excluding hydrogens is 280 g/mol. The smallest absolute Gasteiger partial charge is 0.123 e. The summed E-state index contributed by atoms with van der Waals surface area (Å²) >= 11 is 3.44. The maximum absolute atomic E-state index is 5.78. The van der Waals surface area contributed by atoms with Gasteiger partial charge >= 0.3 is 0 Å². The fourth-order valence-electron chi connectivity index (χ4n) is 1.54. The predicted octanol–water partition coefficient (Wildman–Crippen LogP) is 3.55. The average Bonchev–Trinajstić information content (AvgIpc) is 2.78. The van der Waals surface area contributed by atoms with E-state index in [4.69, 9.17) is 4.74 Å². The Morgan fingerprint density at radius 1 is 1.41 bits per heavy atom. The molecule has 0 unspecified atom stereocenters. The molecule has 0 fully saturated rings. The lowest BCUT2D eigenvalue weighted by molar-refractivity contribution is 0.304. The third kappa shape index (κ3) is 3.09. The van der Waals surface area contributed by atoms with Crippen LogP contribution in [0.15, 0.2) is 35.1 Å². The first kappa shape index (κ1) is 12.2. The van der Waals surface area contributed by atoms with E-state index in [0.717, 1.165) is 27.9 Å². The molecule has 0 bridgehead atoms. The van der Waals surface area contributed by atoms with E-state index in [9.17, 15) is 0 Å². The summed E-state index contributed by atoms with van der Waals surface area (Å²) in [6.45, 7) is 5.54. The molecule has 0 N–H and O–H groups in total.